The summed E-state index contributed by atoms with van der Waals surface area (Å²) >= 11 is 1.01. The number of carboxylic acid groups (broad SMARTS) is 2. The molecule has 1 atom stereocenters. The Labute approximate surface area is 176 Å². The maximum atomic E-state index is 11.1. The molecule has 0 radical (unpaired) electrons. The summed E-state index contributed by atoms with van der Waals surface area (Å²) in [7, 11) is 0. The number of amides is 1. The molecule has 28 heavy (non-hydrogen) atoms. The van der Waals surface area contributed by atoms with Gasteiger partial charge < -0.3 is 20.8 Å². The number of hydrogen-bond acceptors (Lipinski definition) is 5. The summed E-state index contributed by atoms with van der Waals surface area (Å²) in [6.45, 7) is -2.90. The van der Waals surface area contributed by atoms with Crippen LogP contribution in [0, 0.1) is 0 Å². The van der Waals surface area contributed by atoms with Crippen molar-refractivity contribution < 1.29 is 28.7 Å². The number of rotatable bonds is 9. The number of thioether (sulfide) groups is 1. The van der Waals surface area contributed by atoms with Crippen LogP contribution in [0.3, 0.4) is 0 Å². The van der Waals surface area contributed by atoms with E-state index >= 15 is 0 Å². The van der Waals surface area contributed by atoms with Gasteiger partial charge >= 0.3 is 11.9 Å². The number of nitrogens with one attached hydrogen (secondary N) is 2. The molecule has 0 aromatic heterocycles. The summed E-state index contributed by atoms with van der Waals surface area (Å²) < 4.78 is 20.4. The average molecular weight is 420 g/mol. The quantitative estimate of drug-likeness (QED) is 0.425. The predicted molar refractivity (Wildman–Crippen MR) is 112 cm³/mol. The second-order valence-electron chi connectivity index (χ2n) is 7.42. The lowest BCUT2D eigenvalue weighted by Crippen LogP contribution is -2.41. The van der Waals surface area contributed by atoms with E-state index in [0.717, 1.165) is 23.8 Å². The highest BCUT2D eigenvalue weighted by Gasteiger charge is 2.19. The standard InChI is InChI=1S/C12H23N.C8H13NO5S/c1-3-7-11(8-4-1)13-12-9-5-2-6-10-12;1-5(10)9-6(8(13)14)4-15-3-2-7(11)12/h11-13H,1-10H2;6H,2-4H2,1H3,(H,9,10)(H,11,12)(H,13,14)/t;6-/m.0/s1/i;1D3. The number of carbonyl (C=O) groups is 3. The van der Waals surface area contributed by atoms with E-state index in [1.165, 1.54) is 64.2 Å². The number of carboxylic acids is 2. The van der Waals surface area contributed by atoms with Crippen molar-refractivity contribution in [2.45, 2.75) is 95.6 Å². The van der Waals surface area contributed by atoms with Gasteiger partial charge in [-0.1, -0.05) is 38.5 Å². The first-order valence-electron chi connectivity index (χ1n) is 11.7. The molecule has 2 aliphatic rings. The number of aliphatic carboxylic acids is 2. The zero-order valence-electron chi connectivity index (χ0n) is 19.5. The van der Waals surface area contributed by atoms with Crippen LogP contribution in [0.2, 0.25) is 0 Å². The Hall–Kier alpha value is -1.28. The zero-order valence-corrected chi connectivity index (χ0v) is 17.3. The smallest absolute Gasteiger partial charge is 0.327 e. The van der Waals surface area contributed by atoms with Crippen LogP contribution in [0.25, 0.3) is 0 Å². The normalized spacial score (nSPS) is 21.2. The van der Waals surface area contributed by atoms with Gasteiger partial charge in [0, 0.05) is 34.6 Å². The lowest BCUT2D eigenvalue weighted by atomic mass is 9.91. The molecule has 8 heteroatoms. The summed E-state index contributed by atoms with van der Waals surface area (Å²) in [5.74, 6) is -3.63. The molecule has 0 spiro atoms. The molecular formula is C20H36N2O5S. The van der Waals surface area contributed by atoms with Crippen LogP contribution in [-0.2, 0) is 14.4 Å². The molecule has 2 aliphatic carbocycles. The van der Waals surface area contributed by atoms with Gasteiger partial charge in [-0.15, -0.1) is 0 Å². The fourth-order valence-electron chi connectivity index (χ4n) is 3.57. The summed E-state index contributed by atoms with van der Waals surface area (Å²) in [5, 5.41) is 22.9. The van der Waals surface area contributed by atoms with Crippen molar-refractivity contribution in [2.24, 2.45) is 0 Å². The van der Waals surface area contributed by atoms with Gasteiger partial charge in [0.15, 0.2) is 0 Å². The summed E-state index contributed by atoms with van der Waals surface area (Å²) in [6.07, 6.45) is 14.4. The van der Waals surface area contributed by atoms with Crippen LogP contribution in [-0.4, -0.2) is 57.7 Å². The molecule has 162 valence electrons. The minimum Gasteiger partial charge on any atom is -0.481 e. The number of hydrogen-bond donors (Lipinski definition) is 4. The molecule has 0 aliphatic heterocycles. The monoisotopic (exact) mass is 419 g/mol. The van der Waals surface area contributed by atoms with Gasteiger partial charge in [0.2, 0.25) is 5.91 Å². The van der Waals surface area contributed by atoms with Crippen LogP contribution < -0.4 is 10.6 Å². The molecule has 0 saturated heterocycles. The van der Waals surface area contributed by atoms with Crippen molar-refractivity contribution in [3.63, 3.8) is 0 Å². The topological polar surface area (TPSA) is 116 Å². The Morgan fingerprint density at radius 3 is 1.96 bits per heavy atom. The highest BCUT2D eigenvalue weighted by Crippen LogP contribution is 2.22. The number of carbonyl (C=O) groups excluding carboxylic acids is 1. The Morgan fingerprint density at radius 2 is 1.54 bits per heavy atom. The summed E-state index contributed by atoms with van der Waals surface area (Å²) in [5.41, 5.74) is 0. The second kappa shape index (κ2) is 14.7. The third kappa shape index (κ3) is 12.2. The van der Waals surface area contributed by atoms with Crippen molar-refractivity contribution in [2.75, 3.05) is 11.5 Å². The van der Waals surface area contributed by atoms with E-state index in [-0.39, 0.29) is 17.9 Å². The predicted octanol–water partition coefficient (Wildman–Crippen LogP) is 3.03. The van der Waals surface area contributed by atoms with E-state index in [1.54, 1.807) is 0 Å². The van der Waals surface area contributed by atoms with Crippen LogP contribution in [0.4, 0.5) is 0 Å². The first-order chi connectivity index (χ1) is 14.6. The summed E-state index contributed by atoms with van der Waals surface area (Å²) in [6, 6.07) is 0.394. The lowest BCUT2D eigenvalue weighted by Gasteiger charge is -2.30. The third-order valence-electron chi connectivity index (χ3n) is 5.03. The zero-order chi connectivity index (χ0) is 23.3. The molecule has 2 saturated carbocycles. The molecule has 1 amide bonds. The molecule has 2 fully saturated rings. The van der Waals surface area contributed by atoms with E-state index in [2.05, 4.69) is 5.32 Å². The Bertz CT molecular complexity index is 550. The average Bonchev–Trinajstić information content (AvgIpc) is 2.71. The van der Waals surface area contributed by atoms with E-state index in [9.17, 15) is 14.4 Å². The minimum absolute atomic E-state index is 0.0928. The minimum atomic E-state index is -2.90. The molecule has 0 bridgehead atoms. The third-order valence-corrected chi connectivity index (χ3v) is 6.09. The first kappa shape index (κ1) is 20.0. The highest BCUT2D eigenvalue weighted by molar-refractivity contribution is 7.99. The fourth-order valence-corrected chi connectivity index (χ4v) is 4.51. The van der Waals surface area contributed by atoms with Gasteiger partial charge in [-0.2, -0.15) is 11.8 Å². The van der Waals surface area contributed by atoms with Gasteiger partial charge in [-0.3, -0.25) is 9.59 Å². The van der Waals surface area contributed by atoms with Crippen LogP contribution in [0.15, 0.2) is 0 Å². The maximum absolute atomic E-state index is 11.1. The molecule has 7 nitrogen and oxygen atoms in total. The first-order valence-corrected chi connectivity index (χ1v) is 11.3. The van der Waals surface area contributed by atoms with Crippen LogP contribution in [0.1, 0.15) is 81.6 Å². The Balaban J connectivity index is 0.000000323. The van der Waals surface area contributed by atoms with Crippen molar-refractivity contribution in [1.29, 1.82) is 0 Å². The van der Waals surface area contributed by atoms with Gasteiger partial charge in [0.05, 0.1) is 6.42 Å². The maximum Gasteiger partial charge on any atom is 0.327 e. The van der Waals surface area contributed by atoms with Gasteiger partial charge in [-0.05, 0) is 25.7 Å². The van der Waals surface area contributed by atoms with E-state index in [1.807, 2.05) is 5.32 Å². The van der Waals surface area contributed by atoms with Gasteiger partial charge in [0.1, 0.15) is 6.04 Å². The van der Waals surface area contributed by atoms with E-state index < -0.39 is 30.7 Å². The largest absolute Gasteiger partial charge is 0.481 e. The van der Waals surface area contributed by atoms with Crippen molar-refractivity contribution in [3.8, 4) is 0 Å². The molecule has 0 heterocycles. The molecule has 0 aromatic rings. The van der Waals surface area contributed by atoms with Gasteiger partial charge in [0.25, 0.3) is 0 Å². The van der Waals surface area contributed by atoms with Crippen molar-refractivity contribution in [3.05, 3.63) is 0 Å². The Kier molecular flexibility index (Phi) is 10.5. The molecule has 4 N–H and O–H groups in total. The summed E-state index contributed by atoms with van der Waals surface area (Å²) in [4.78, 5) is 32.1. The van der Waals surface area contributed by atoms with Crippen LogP contribution >= 0.6 is 11.8 Å². The molecule has 0 aromatic carbocycles. The van der Waals surface area contributed by atoms with Gasteiger partial charge in [-0.25, -0.2) is 4.79 Å². The van der Waals surface area contributed by atoms with Crippen molar-refractivity contribution >= 4 is 29.6 Å². The molecule has 2 rings (SSSR count). The van der Waals surface area contributed by atoms with E-state index in [0.29, 0.717) is 0 Å². The lowest BCUT2D eigenvalue weighted by molar-refractivity contribution is -0.140. The highest BCUT2D eigenvalue weighted by atomic mass is 32.2. The SMILES string of the molecule is C1CCC(NC2CCCCC2)CC1.[2H]C([2H])([2H])C(=O)N[C@@H](CSCCC(=O)O)C(=O)O. The Morgan fingerprint density at radius 1 is 1.00 bits per heavy atom. The molecular weight excluding hydrogens is 380 g/mol. The molecule has 0 unspecified atom stereocenters. The van der Waals surface area contributed by atoms with Crippen molar-refractivity contribution in [1.82, 2.24) is 10.6 Å². The van der Waals surface area contributed by atoms with Crippen LogP contribution in [0.5, 0.6) is 0 Å². The van der Waals surface area contributed by atoms with E-state index in [4.69, 9.17) is 14.3 Å². The second-order valence-corrected chi connectivity index (χ2v) is 8.57. The fraction of sp³-hybridized carbons (Fsp3) is 0.850.